The fourth-order valence-corrected chi connectivity index (χ4v) is 4.87. The Labute approximate surface area is 188 Å². The number of hydrogen-bond acceptors (Lipinski definition) is 6. The summed E-state index contributed by atoms with van der Waals surface area (Å²) in [5.74, 6) is 2.74. The van der Waals surface area contributed by atoms with Crippen LogP contribution in [0.4, 0.5) is 5.82 Å². The average Bonchev–Trinajstić information content (AvgIpc) is 3.50. The van der Waals surface area contributed by atoms with Gasteiger partial charge >= 0.3 is 0 Å². The van der Waals surface area contributed by atoms with E-state index in [9.17, 15) is 9.59 Å². The second-order valence-corrected chi connectivity index (χ2v) is 9.36. The molecule has 3 aliphatic rings. The molecule has 0 spiro atoms. The summed E-state index contributed by atoms with van der Waals surface area (Å²) in [6, 6.07) is 1.54. The minimum Gasteiger partial charge on any atom is -0.361 e. The van der Waals surface area contributed by atoms with Gasteiger partial charge in [0, 0.05) is 43.3 Å². The number of anilines is 1. The molecule has 32 heavy (non-hydrogen) atoms. The van der Waals surface area contributed by atoms with Crippen LogP contribution < -0.4 is 4.90 Å². The van der Waals surface area contributed by atoms with E-state index in [4.69, 9.17) is 14.5 Å². The molecule has 0 aromatic carbocycles. The van der Waals surface area contributed by atoms with Gasteiger partial charge < -0.3 is 9.42 Å². The molecule has 0 N–H and O–H groups in total. The lowest BCUT2D eigenvalue weighted by Gasteiger charge is -2.36. The van der Waals surface area contributed by atoms with Gasteiger partial charge in [-0.25, -0.2) is 9.97 Å². The molecule has 0 bridgehead atoms. The first kappa shape index (κ1) is 21.1. The zero-order valence-corrected chi connectivity index (χ0v) is 19.0. The van der Waals surface area contributed by atoms with Crippen molar-refractivity contribution in [1.82, 2.24) is 20.0 Å². The van der Waals surface area contributed by atoms with Crippen LogP contribution in [0, 0.1) is 12.8 Å². The van der Waals surface area contributed by atoms with E-state index in [0.717, 1.165) is 61.5 Å². The third-order valence-corrected chi connectivity index (χ3v) is 6.83. The molecule has 8 nitrogen and oxygen atoms in total. The Morgan fingerprint density at radius 2 is 2.03 bits per heavy atom. The normalized spacial score (nSPS) is 21.1. The Bertz CT molecular complexity index is 1030. The van der Waals surface area contributed by atoms with Crippen molar-refractivity contribution in [2.45, 2.75) is 77.7 Å². The zero-order chi connectivity index (χ0) is 22.2. The van der Waals surface area contributed by atoms with E-state index < -0.39 is 0 Å². The molecule has 5 rings (SSSR count). The first-order valence-corrected chi connectivity index (χ1v) is 12.0. The minimum atomic E-state index is -0.216. The molecule has 2 aliphatic heterocycles. The zero-order valence-electron chi connectivity index (χ0n) is 19.0. The van der Waals surface area contributed by atoms with Crippen molar-refractivity contribution in [3.63, 3.8) is 0 Å². The monoisotopic (exact) mass is 437 g/mol. The Balaban J connectivity index is 1.46. The number of aryl methyl sites for hydroxylation is 2. The highest BCUT2D eigenvalue weighted by Crippen LogP contribution is 2.37. The average molecular weight is 438 g/mol. The van der Waals surface area contributed by atoms with Crippen molar-refractivity contribution in [3.8, 4) is 0 Å². The molecule has 0 radical (unpaired) electrons. The summed E-state index contributed by atoms with van der Waals surface area (Å²) < 4.78 is 5.35. The van der Waals surface area contributed by atoms with Crippen molar-refractivity contribution < 1.29 is 14.1 Å². The summed E-state index contributed by atoms with van der Waals surface area (Å²) in [6.45, 7) is 5.45. The lowest BCUT2D eigenvalue weighted by atomic mass is 9.99. The highest BCUT2D eigenvalue weighted by atomic mass is 16.5. The quantitative estimate of drug-likeness (QED) is 0.683. The van der Waals surface area contributed by atoms with E-state index >= 15 is 0 Å². The van der Waals surface area contributed by atoms with Crippen molar-refractivity contribution in [2.75, 3.05) is 18.0 Å². The smallest absolute Gasteiger partial charge is 0.276 e. The number of carbonyl (C=O) groups excluding carboxylic acids is 2. The third kappa shape index (κ3) is 4.02. The third-order valence-electron chi connectivity index (χ3n) is 6.83. The number of amides is 2. The van der Waals surface area contributed by atoms with Crippen LogP contribution in [-0.2, 0) is 17.6 Å². The molecule has 1 atom stereocenters. The van der Waals surface area contributed by atoms with E-state index in [1.807, 2.05) is 16.7 Å². The maximum absolute atomic E-state index is 13.3. The highest BCUT2D eigenvalue weighted by molar-refractivity contribution is 5.95. The van der Waals surface area contributed by atoms with Crippen molar-refractivity contribution in [1.29, 1.82) is 0 Å². The van der Waals surface area contributed by atoms with E-state index in [1.165, 1.54) is 12.8 Å². The van der Waals surface area contributed by atoms with Crippen LogP contribution >= 0.6 is 0 Å². The van der Waals surface area contributed by atoms with Gasteiger partial charge in [0.2, 0.25) is 5.91 Å². The SMILES string of the molecule is CCCc1cc(C(=O)N2CCCC[C@@H]2c2nc(C)c3c(n2)N(CC2CC2)C(=O)CC3)no1. The molecular formula is C24H31N5O3. The van der Waals surface area contributed by atoms with E-state index in [1.54, 1.807) is 6.07 Å². The van der Waals surface area contributed by atoms with Gasteiger partial charge in [-0.3, -0.25) is 14.5 Å². The van der Waals surface area contributed by atoms with Crippen LogP contribution in [0.2, 0.25) is 0 Å². The van der Waals surface area contributed by atoms with Crippen molar-refractivity contribution in [2.24, 2.45) is 5.92 Å². The summed E-state index contributed by atoms with van der Waals surface area (Å²) in [6.07, 6.45) is 8.03. The molecule has 1 aliphatic carbocycles. The van der Waals surface area contributed by atoms with Crippen molar-refractivity contribution in [3.05, 3.63) is 34.6 Å². The highest BCUT2D eigenvalue weighted by Gasteiger charge is 2.36. The minimum absolute atomic E-state index is 0.134. The standard InChI is InChI=1S/C24H31N5O3/c1-3-6-17-13-19(27-32-17)24(31)28-12-5-4-7-20(28)22-25-15(2)18-10-11-21(30)29(23(18)26-22)14-16-8-9-16/h13,16,20H,3-12,14H2,1-2H3/t20-/m1/s1. The molecule has 2 fully saturated rings. The number of likely N-dealkylation sites (tertiary alicyclic amines) is 1. The number of nitrogens with zero attached hydrogens (tertiary/aromatic N) is 5. The lowest BCUT2D eigenvalue weighted by molar-refractivity contribution is -0.119. The maximum atomic E-state index is 13.3. The molecule has 1 saturated heterocycles. The fraction of sp³-hybridized carbons (Fsp3) is 0.625. The number of hydrogen-bond donors (Lipinski definition) is 0. The molecule has 170 valence electrons. The van der Waals surface area contributed by atoms with E-state index in [-0.39, 0.29) is 17.9 Å². The molecule has 2 amide bonds. The molecular weight excluding hydrogens is 406 g/mol. The Morgan fingerprint density at radius 1 is 1.19 bits per heavy atom. The Kier molecular flexibility index (Phi) is 5.69. The van der Waals surface area contributed by atoms with Gasteiger partial charge in [-0.15, -0.1) is 0 Å². The molecule has 0 unspecified atom stereocenters. The molecule has 2 aromatic rings. The van der Waals surface area contributed by atoms with E-state index in [0.29, 0.717) is 36.8 Å². The summed E-state index contributed by atoms with van der Waals surface area (Å²) in [5, 5.41) is 4.03. The fourth-order valence-electron chi connectivity index (χ4n) is 4.87. The number of piperidine rings is 1. The van der Waals surface area contributed by atoms with Gasteiger partial charge in [0.15, 0.2) is 11.5 Å². The van der Waals surface area contributed by atoms with Gasteiger partial charge in [-0.1, -0.05) is 12.1 Å². The van der Waals surface area contributed by atoms with Crippen molar-refractivity contribution >= 4 is 17.6 Å². The molecule has 2 aromatic heterocycles. The van der Waals surface area contributed by atoms with Crippen LogP contribution in [0.25, 0.3) is 0 Å². The predicted molar refractivity (Wildman–Crippen MR) is 118 cm³/mol. The second kappa shape index (κ2) is 8.64. The number of rotatable bonds is 6. The van der Waals surface area contributed by atoms with Crippen LogP contribution in [0.1, 0.15) is 91.2 Å². The summed E-state index contributed by atoms with van der Waals surface area (Å²) in [7, 11) is 0. The van der Waals surface area contributed by atoms with Gasteiger partial charge in [-0.05, 0) is 57.8 Å². The molecule has 8 heteroatoms. The summed E-state index contributed by atoms with van der Waals surface area (Å²) in [4.78, 5) is 39.5. The largest absolute Gasteiger partial charge is 0.361 e. The van der Waals surface area contributed by atoms with Crippen LogP contribution in [-0.4, -0.2) is 44.9 Å². The number of fused-ring (bicyclic) bond motifs is 1. The first-order valence-electron chi connectivity index (χ1n) is 12.0. The van der Waals surface area contributed by atoms with E-state index in [2.05, 4.69) is 12.1 Å². The second-order valence-electron chi connectivity index (χ2n) is 9.36. The molecule has 4 heterocycles. The van der Waals surface area contributed by atoms with Gasteiger partial charge in [-0.2, -0.15) is 0 Å². The number of aromatic nitrogens is 3. The Hall–Kier alpha value is -2.77. The predicted octanol–water partition coefficient (Wildman–Crippen LogP) is 3.78. The topological polar surface area (TPSA) is 92.4 Å². The number of carbonyl (C=O) groups is 2. The van der Waals surface area contributed by atoms with Crippen LogP contribution in [0.3, 0.4) is 0 Å². The van der Waals surface area contributed by atoms with Gasteiger partial charge in [0.1, 0.15) is 11.6 Å². The van der Waals surface area contributed by atoms with Crippen LogP contribution in [0.5, 0.6) is 0 Å². The summed E-state index contributed by atoms with van der Waals surface area (Å²) >= 11 is 0. The van der Waals surface area contributed by atoms with Gasteiger partial charge in [0.25, 0.3) is 5.91 Å². The molecule has 1 saturated carbocycles. The first-order chi connectivity index (χ1) is 15.5. The Morgan fingerprint density at radius 3 is 2.81 bits per heavy atom. The lowest BCUT2D eigenvalue weighted by Crippen LogP contribution is -2.41. The van der Waals surface area contributed by atoms with Gasteiger partial charge in [0.05, 0.1) is 6.04 Å². The maximum Gasteiger partial charge on any atom is 0.276 e. The summed E-state index contributed by atoms with van der Waals surface area (Å²) in [5.41, 5.74) is 2.34. The van der Waals surface area contributed by atoms with Crippen LogP contribution in [0.15, 0.2) is 10.6 Å².